The van der Waals surface area contributed by atoms with E-state index in [0.29, 0.717) is 5.82 Å². The third-order valence-corrected chi connectivity index (χ3v) is 4.22. The number of anilines is 1. The van der Waals surface area contributed by atoms with Crippen molar-refractivity contribution in [3.05, 3.63) is 65.6 Å². The monoisotopic (exact) mass is 430 g/mol. The molecule has 10 heteroatoms. The predicted octanol–water partition coefficient (Wildman–Crippen LogP) is 3.67. The molecule has 1 amide bonds. The van der Waals surface area contributed by atoms with Crippen molar-refractivity contribution >= 4 is 17.6 Å². The zero-order valence-electron chi connectivity index (χ0n) is 17.0. The van der Waals surface area contributed by atoms with E-state index in [1.54, 1.807) is 16.8 Å². The second-order valence-corrected chi connectivity index (χ2v) is 6.66. The summed E-state index contributed by atoms with van der Waals surface area (Å²) in [5.41, 5.74) is 1.91. The normalized spacial score (nSPS) is 11.8. The molecule has 2 aromatic heterocycles. The van der Waals surface area contributed by atoms with Gasteiger partial charge in [-0.2, -0.15) is 13.9 Å². The third kappa shape index (κ3) is 5.41. The van der Waals surface area contributed by atoms with Crippen molar-refractivity contribution in [1.82, 2.24) is 14.8 Å². The molecule has 0 bridgehead atoms. The molecule has 2 heterocycles. The zero-order chi connectivity index (χ0) is 22.5. The van der Waals surface area contributed by atoms with E-state index in [4.69, 9.17) is 4.74 Å². The Morgan fingerprint density at radius 3 is 2.48 bits per heavy atom. The summed E-state index contributed by atoms with van der Waals surface area (Å²) in [7, 11) is 0. The smallest absolute Gasteiger partial charge is 0.387 e. The maximum Gasteiger partial charge on any atom is 0.387 e. The number of halogens is 2. The lowest BCUT2D eigenvalue weighted by molar-refractivity contribution is -0.123. The van der Waals surface area contributed by atoms with Crippen molar-refractivity contribution in [3.63, 3.8) is 0 Å². The topological polar surface area (TPSA) is 95.3 Å². The lowest BCUT2D eigenvalue weighted by Gasteiger charge is -2.15. The van der Waals surface area contributed by atoms with Gasteiger partial charge in [-0.1, -0.05) is 12.1 Å². The molecule has 3 rings (SSSR count). The fourth-order valence-corrected chi connectivity index (χ4v) is 2.78. The number of hydrogen-bond acceptors (Lipinski definition) is 6. The molecule has 1 aromatic carbocycles. The molecule has 31 heavy (non-hydrogen) atoms. The molecule has 0 radical (unpaired) electrons. The summed E-state index contributed by atoms with van der Waals surface area (Å²) >= 11 is 0. The van der Waals surface area contributed by atoms with E-state index >= 15 is 0 Å². The number of aromatic nitrogens is 3. The highest BCUT2D eigenvalue weighted by Crippen LogP contribution is 2.25. The number of ether oxygens (including phenoxy) is 2. The standard InChI is InChI=1S/C21H20F2N4O4/c1-12-10-13(2)27(26-12)18-9-8-15(11-24-18)20(29)30-14(3)19(28)25-16-6-4-5-7-17(16)31-21(22)23/h4-11,14,21H,1-3H3,(H,25,28). The van der Waals surface area contributed by atoms with E-state index in [1.165, 1.54) is 37.4 Å². The maximum atomic E-state index is 12.5. The number of carbonyl (C=O) groups is 2. The Labute approximate surface area is 176 Å². The second-order valence-electron chi connectivity index (χ2n) is 6.66. The Hall–Kier alpha value is -3.82. The minimum Gasteiger partial charge on any atom is -0.449 e. The fraction of sp³-hybridized carbons (Fsp3) is 0.238. The van der Waals surface area contributed by atoms with Crippen LogP contribution in [0.5, 0.6) is 5.75 Å². The van der Waals surface area contributed by atoms with Crippen LogP contribution >= 0.6 is 0 Å². The Morgan fingerprint density at radius 2 is 1.87 bits per heavy atom. The van der Waals surface area contributed by atoms with Gasteiger partial charge in [0.2, 0.25) is 0 Å². The number of esters is 1. The molecule has 0 aliphatic heterocycles. The van der Waals surface area contributed by atoms with Crippen molar-refractivity contribution in [1.29, 1.82) is 0 Å². The molecule has 1 unspecified atom stereocenters. The number of hydrogen-bond donors (Lipinski definition) is 1. The molecule has 0 fully saturated rings. The van der Waals surface area contributed by atoms with Gasteiger partial charge in [-0.15, -0.1) is 0 Å². The highest BCUT2D eigenvalue weighted by Gasteiger charge is 2.21. The van der Waals surface area contributed by atoms with Gasteiger partial charge in [-0.25, -0.2) is 14.5 Å². The van der Waals surface area contributed by atoms with Crippen molar-refractivity contribution in [3.8, 4) is 11.6 Å². The van der Waals surface area contributed by atoms with E-state index in [0.717, 1.165) is 11.4 Å². The highest BCUT2D eigenvalue weighted by atomic mass is 19.3. The van der Waals surface area contributed by atoms with Gasteiger partial charge in [-0.3, -0.25) is 4.79 Å². The zero-order valence-corrected chi connectivity index (χ0v) is 17.0. The summed E-state index contributed by atoms with van der Waals surface area (Å²) in [6, 6.07) is 10.7. The molecule has 162 valence electrons. The Kier molecular flexibility index (Phi) is 6.58. The summed E-state index contributed by atoms with van der Waals surface area (Å²) in [5, 5.41) is 6.73. The molecule has 1 atom stereocenters. The minimum atomic E-state index is -3.04. The van der Waals surface area contributed by atoms with E-state index in [9.17, 15) is 18.4 Å². The molecular formula is C21H20F2N4O4. The number of para-hydroxylation sites is 2. The summed E-state index contributed by atoms with van der Waals surface area (Å²) in [5.74, 6) is -1.13. The van der Waals surface area contributed by atoms with Crippen LogP contribution in [0.3, 0.4) is 0 Å². The highest BCUT2D eigenvalue weighted by molar-refractivity contribution is 5.98. The number of alkyl halides is 2. The van der Waals surface area contributed by atoms with Gasteiger partial charge < -0.3 is 14.8 Å². The van der Waals surface area contributed by atoms with Crippen molar-refractivity contribution in [2.45, 2.75) is 33.5 Å². The van der Waals surface area contributed by atoms with Crippen molar-refractivity contribution < 1.29 is 27.8 Å². The molecule has 3 aromatic rings. The quantitative estimate of drug-likeness (QED) is 0.575. The van der Waals surface area contributed by atoms with Gasteiger partial charge in [0.05, 0.1) is 16.9 Å². The molecule has 8 nitrogen and oxygen atoms in total. The van der Waals surface area contributed by atoms with Crippen LogP contribution in [0.2, 0.25) is 0 Å². The van der Waals surface area contributed by atoms with Crippen molar-refractivity contribution in [2.24, 2.45) is 0 Å². The molecular weight excluding hydrogens is 410 g/mol. The molecule has 0 saturated heterocycles. The second kappa shape index (κ2) is 9.33. The largest absolute Gasteiger partial charge is 0.449 e. The maximum absolute atomic E-state index is 12.5. The van der Waals surface area contributed by atoms with Crippen LogP contribution in [-0.2, 0) is 9.53 Å². The van der Waals surface area contributed by atoms with Crippen LogP contribution in [0.1, 0.15) is 28.7 Å². The number of pyridine rings is 1. The molecule has 0 aliphatic carbocycles. The van der Waals surface area contributed by atoms with Gasteiger partial charge in [0, 0.05) is 11.9 Å². The first-order chi connectivity index (χ1) is 14.7. The van der Waals surface area contributed by atoms with E-state index < -0.39 is 24.6 Å². The number of benzene rings is 1. The fourth-order valence-electron chi connectivity index (χ4n) is 2.78. The van der Waals surface area contributed by atoms with Crippen LogP contribution in [-0.4, -0.2) is 39.4 Å². The number of nitrogens with one attached hydrogen (secondary N) is 1. The lowest BCUT2D eigenvalue weighted by atomic mass is 10.2. The van der Waals surface area contributed by atoms with Gasteiger partial charge in [0.25, 0.3) is 5.91 Å². The summed E-state index contributed by atoms with van der Waals surface area (Å²) in [6.45, 7) is 2.06. The van der Waals surface area contributed by atoms with Gasteiger partial charge >= 0.3 is 12.6 Å². The first kappa shape index (κ1) is 21.9. The summed E-state index contributed by atoms with van der Waals surface area (Å²) in [4.78, 5) is 28.9. The van der Waals surface area contributed by atoms with Gasteiger partial charge in [0.15, 0.2) is 11.9 Å². The summed E-state index contributed by atoms with van der Waals surface area (Å²) < 4.78 is 36.2. The Morgan fingerprint density at radius 1 is 1.13 bits per heavy atom. The summed E-state index contributed by atoms with van der Waals surface area (Å²) in [6.07, 6.45) is 0.132. The predicted molar refractivity (Wildman–Crippen MR) is 107 cm³/mol. The van der Waals surface area contributed by atoms with Crippen LogP contribution in [0, 0.1) is 13.8 Å². The average molecular weight is 430 g/mol. The third-order valence-electron chi connectivity index (χ3n) is 4.22. The number of carbonyl (C=O) groups excluding carboxylic acids is 2. The van der Waals surface area contributed by atoms with E-state index in [-0.39, 0.29) is 17.0 Å². The first-order valence-corrected chi connectivity index (χ1v) is 9.30. The van der Waals surface area contributed by atoms with E-state index in [2.05, 4.69) is 20.1 Å². The van der Waals surface area contributed by atoms with E-state index in [1.807, 2.05) is 19.9 Å². The minimum absolute atomic E-state index is 0.0339. The van der Waals surface area contributed by atoms with Crippen LogP contribution in [0.25, 0.3) is 5.82 Å². The number of rotatable bonds is 7. The first-order valence-electron chi connectivity index (χ1n) is 9.30. The molecule has 0 spiro atoms. The molecule has 1 N–H and O–H groups in total. The Bertz CT molecular complexity index is 1080. The van der Waals surface area contributed by atoms with Crippen LogP contribution < -0.4 is 10.1 Å². The number of amides is 1. The average Bonchev–Trinajstić information content (AvgIpc) is 3.07. The van der Waals surface area contributed by atoms with Gasteiger partial charge in [0.1, 0.15) is 5.75 Å². The van der Waals surface area contributed by atoms with Crippen LogP contribution in [0.15, 0.2) is 48.7 Å². The lowest BCUT2D eigenvalue weighted by Crippen LogP contribution is -2.30. The van der Waals surface area contributed by atoms with Crippen molar-refractivity contribution in [2.75, 3.05) is 5.32 Å². The Balaban J connectivity index is 1.64. The SMILES string of the molecule is Cc1cc(C)n(-c2ccc(C(=O)OC(C)C(=O)Nc3ccccc3OC(F)F)cn2)n1. The number of aryl methyl sites for hydroxylation is 2. The van der Waals surface area contributed by atoms with Crippen LogP contribution in [0.4, 0.5) is 14.5 Å². The van der Waals surface area contributed by atoms with Gasteiger partial charge in [-0.05, 0) is 51.1 Å². The molecule has 0 saturated carbocycles. The number of nitrogens with zero attached hydrogens (tertiary/aromatic N) is 3. The molecule has 0 aliphatic rings.